The van der Waals surface area contributed by atoms with Crippen LogP contribution in [-0.2, 0) is 17.8 Å². The van der Waals surface area contributed by atoms with Crippen molar-refractivity contribution in [1.29, 1.82) is 0 Å². The Kier molecular flexibility index (Phi) is 7.08. The fourth-order valence-corrected chi connectivity index (χ4v) is 2.98. The van der Waals surface area contributed by atoms with E-state index in [0.29, 0.717) is 19.7 Å². The van der Waals surface area contributed by atoms with Gasteiger partial charge < -0.3 is 24.3 Å². The highest BCUT2D eigenvalue weighted by atomic mass is 16.5. The van der Waals surface area contributed by atoms with Crippen molar-refractivity contribution in [2.24, 2.45) is 0 Å². The van der Waals surface area contributed by atoms with Gasteiger partial charge in [0.1, 0.15) is 30.0 Å². The fourth-order valence-electron chi connectivity index (χ4n) is 2.98. The Morgan fingerprint density at radius 2 is 2.04 bits per heavy atom. The van der Waals surface area contributed by atoms with Gasteiger partial charge >= 0.3 is 0 Å². The molecule has 6 heteroatoms. The number of nitrogens with zero attached hydrogens (tertiary/aromatic N) is 1. The predicted molar refractivity (Wildman–Crippen MR) is 99.2 cm³/mol. The molecule has 0 saturated carbocycles. The topological polar surface area (TPSA) is 67.1 Å². The van der Waals surface area contributed by atoms with Gasteiger partial charge in [-0.2, -0.15) is 0 Å². The first-order valence-corrected chi connectivity index (χ1v) is 9.15. The van der Waals surface area contributed by atoms with E-state index in [1.807, 2.05) is 37.3 Å². The highest BCUT2D eigenvalue weighted by molar-refractivity contribution is 5.28. The maximum atomic E-state index is 10.2. The minimum atomic E-state index is -0.503. The summed E-state index contributed by atoms with van der Waals surface area (Å²) in [4.78, 5) is 2.20. The Balaban J connectivity index is 1.40. The smallest absolute Gasteiger partial charge is 0.119 e. The van der Waals surface area contributed by atoms with Crippen LogP contribution in [-0.4, -0.2) is 55.6 Å². The number of benzene rings is 1. The van der Waals surface area contributed by atoms with Crippen LogP contribution in [0.2, 0.25) is 0 Å². The second kappa shape index (κ2) is 9.73. The fraction of sp³-hybridized carbons (Fsp3) is 0.500. The van der Waals surface area contributed by atoms with E-state index in [1.165, 1.54) is 0 Å². The summed E-state index contributed by atoms with van der Waals surface area (Å²) in [6, 6.07) is 11.9. The van der Waals surface area contributed by atoms with Crippen LogP contribution in [0, 0.1) is 6.92 Å². The SMILES string of the molecule is Cc1ccc(CNCc2cccc(OC[C@@H](O)CN3CCOCC3)c2)o1. The van der Waals surface area contributed by atoms with Crippen LogP contribution in [0.5, 0.6) is 5.75 Å². The molecule has 26 heavy (non-hydrogen) atoms. The molecule has 0 aliphatic carbocycles. The summed E-state index contributed by atoms with van der Waals surface area (Å²) in [7, 11) is 0. The van der Waals surface area contributed by atoms with Crippen molar-refractivity contribution in [3.8, 4) is 5.75 Å². The first-order valence-electron chi connectivity index (χ1n) is 9.15. The molecule has 2 heterocycles. The van der Waals surface area contributed by atoms with E-state index < -0.39 is 6.10 Å². The van der Waals surface area contributed by atoms with Gasteiger partial charge in [0.15, 0.2) is 0 Å². The van der Waals surface area contributed by atoms with E-state index >= 15 is 0 Å². The maximum absolute atomic E-state index is 10.2. The molecule has 142 valence electrons. The van der Waals surface area contributed by atoms with Crippen LogP contribution in [0.25, 0.3) is 0 Å². The zero-order valence-corrected chi connectivity index (χ0v) is 15.3. The molecule has 1 fully saturated rings. The molecule has 2 aromatic rings. The number of morpholine rings is 1. The number of nitrogens with one attached hydrogen (secondary N) is 1. The molecular formula is C20H28N2O4. The standard InChI is InChI=1S/C20H28N2O4/c1-16-5-6-20(26-16)13-21-12-17-3-2-4-19(11-17)25-15-18(23)14-22-7-9-24-10-8-22/h2-6,11,18,21,23H,7-10,12-15H2,1H3/t18-/m0/s1. The van der Waals surface area contributed by atoms with E-state index in [4.69, 9.17) is 13.9 Å². The van der Waals surface area contributed by atoms with Crippen molar-refractivity contribution >= 4 is 0 Å². The van der Waals surface area contributed by atoms with Crippen molar-refractivity contribution in [2.75, 3.05) is 39.5 Å². The molecule has 6 nitrogen and oxygen atoms in total. The number of ether oxygens (including phenoxy) is 2. The zero-order valence-electron chi connectivity index (χ0n) is 15.3. The van der Waals surface area contributed by atoms with Crippen molar-refractivity contribution in [1.82, 2.24) is 10.2 Å². The zero-order chi connectivity index (χ0) is 18.2. The van der Waals surface area contributed by atoms with Crippen molar-refractivity contribution in [3.63, 3.8) is 0 Å². The number of hydrogen-bond donors (Lipinski definition) is 2. The molecule has 1 atom stereocenters. The van der Waals surface area contributed by atoms with E-state index in [2.05, 4.69) is 16.3 Å². The average Bonchev–Trinajstić information content (AvgIpc) is 3.06. The molecule has 1 aliphatic rings. The lowest BCUT2D eigenvalue weighted by Crippen LogP contribution is -2.42. The van der Waals surface area contributed by atoms with E-state index in [9.17, 15) is 5.11 Å². The number of furan rings is 1. The third-order valence-electron chi connectivity index (χ3n) is 4.34. The molecule has 1 aliphatic heterocycles. The Bertz CT molecular complexity index is 667. The van der Waals surface area contributed by atoms with Crippen molar-refractivity contribution in [3.05, 3.63) is 53.5 Å². The van der Waals surface area contributed by atoms with Gasteiger partial charge in [-0.1, -0.05) is 12.1 Å². The molecule has 1 aromatic carbocycles. The Morgan fingerprint density at radius 3 is 2.81 bits per heavy atom. The molecule has 0 amide bonds. The van der Waals surface area contributed by atoms with E-state index in [-0.39, 0.29) is 0 Å². The van der Waals surface area contributed by atoms with Crippen LogP contribution in [0.3, 0.4) is 0 Å². The molecule has 0 bridgehead atoms. The molecule has 1 saturated heterocycles. The summed E-state index contributed by atoms with van der Waals surface area (Å²) in [5.41, 5.74) is 1.13. The van der Waals surface area contributed by atoms with E-state index in [1.54, 1.807) is 0 Å². The highest BCUT2D eigenvalue weighted by Crippen LogP contribution is 2.14. The summed E-state index contributed by atoms with van der Waals surface area (Å²) in [6.45, 7) is 7.48. The van der Waals surface area contributed by atoms with Crippen LogP contribution >= 0.6 is 0 Å². The van der Waals surface area contributed by atoms with Crippen LogP contribution in [0.15, 0.2) is 40.8 Å². The third-order valence-corrected chi connectivity index (χ3v) is 4.34. The van der Waals surface area contributed by atoms with Crippen LogP contribution in [0.4, 0.5) is 0 Å². The Hall–Kier alpha value is -1.86. The first kappa shape index (κ1) is 18.9. The third kappa shape index (κ3) is 6.14. The first-order chi connectivity index (χ1) is 12.7. The molecule has 3 rings (SSSR count). The number of hydrogen-bond acceptors (Lipinski definition) is 6. The lowest BCUT2D eigenvalue weighted by atomic mass is 10.2. The normalized spacial score (nSPS) is 16.5. The highest BCUT2D eigenvalue weighted by Gasteiger charge is 2.15. The maximum Gasteiger partial charge on any atom is 0.119 e. The van der Waals surface area contributed by atoms with Crippen molar-refractivity contribution in [2.45, 2.75) is 26.1 Å². The molecule has 0 unspecified atom stereocenters. The van der Waals surface area contributed by atoms with Gasteiger partial charge in [0.2, 0.25) is 0 Å². The molecular weight excluding hydrogens is 332 g/mol. The Morgan fingerprint density at radius 1 is 1.19 bits per heavy atom. The van der Waals surface area contributed by atoms with Gasteiger partial charge in [-0.15, -0.1) is 0 Å². The summed E-state index contributed by atoms with van der Waals surface area (Å²) in [5, 5.41) is 13.5. The second-order valence-electron chi connectivity index (χ2n) is 6.64. The molecule has 0 radical (unpaired) electrons. The van der Waals surface area contributed by atoms with Crippen molar-refractivity contribution < 1.29 is 19.0 Å². The summed E-state index contributed by atoms with van der Waals surface area (Å²) in [5.74, 6) is 2.63. The number of β-amino-alcohol motifs (C(OH)–C–C–N with tert-alkyl or cyclic N) is 1. The van der Waals surface area contributed by atoms with Gasteiger partial charge in [-0.3, -0.25) is 4.90 Å². The molecule has 1 aromatic heterocycles. The van der Waals surface area contributed by atoms with Gasteiger partial charge in [0, 0.05) is 26.2 Å². The lowest BCUT2D eigenvalue weighted by Gasteiger charge is -2.28. The van der Waals surface area contributed by atoms with Crippen LogP contribution in [0.1, 0.15) is 17.1 Å². The number of rotatable bonds is 9. The van der Waals surface area contributed by atoms with Gasteiger partial charge in [-0.05, 0) is 36.8 Å². The predicted octanol–water partition coefficient (Wildman–Crippen LogP) is 1.95. The Labute approximate surface area is 154 Å². The summed E-state index contributed by atoms with van der Waals surface area (Å²) >= 11 is 0. The summed E-state index contributed by atoms with van der Waals surface area (Å²) < 4.78 is 16.6. The monoisotopic (exact) mass is 360 g/mol. The number of aliphatic hydroxyl groups excluding tert-OH is 1. The van der Waals surface area contributed by atoms with Gasteiger partial charge in [0.05, 0.1) is 19.8 Å². The molecule has 0 spiro atoms. The lowest BCUT2D eigenvalue weighted by molar-refractivity contribution is 0.00465. The number of aliphatic hydroxyl groups is 1. The summed E-state index contributed by atoms with van der Waals surface area (Å²) in [6.07, 6.45) is -0.503. The molecule has 2 N–H and O–H groups in total. The number of aryl methyl sites for hydroxylation is 1. The van der Waals surface area contributed by atoms with Crippen LogP contribution < -0.4 is 10.1 Å². The van der Waals surface area contributed by atoms with Gasteiger partial charge in [-0.25, -0.2) is 0 Å². The largest absolute Gasteiger partial charge is 0.491 e. The van der Waals surface area contributed by atoms with Gasteiger partial charge in [0.25, 0.3) is 0 Å². The van der Waals surface area contributed by atoms with E-state index in [0.717, 1.165) is 55.7 Å². The minimum absolute atomic E-state index is 0.292. The minimum Gasteiger partial charge on any atom is -0.491 e. The second-order valence-corrected chi connectivity index (χ2v) is 6.64. The quantitative estimate of drug-likeness (QED) is 0.713. The average molecular weight is 360 g/mol.